The molecule has 2 aromatic carbocycles. The van der Waals surface area contributed by atoms with Crippen molar-refractivity contribution in [2.75, 3.05) is 0 Å². The van der Waals surface area contributed by atoms with Gasteiger partial charge in [0.15, 0.2) is 0 Å². The predicted octanol–water partition coefficient (Wildman–Crippen LogP) is 3.86. The van der Waals surface area contributed by atoms with Crippen molar-refractivity contribution in [3.05, 3.63) is 71.8 Å². The van der Waals surface area contributed by atoms with Crippen LogP contribution in [0.25, 0.3) is 0 Å². The Bertz CT molecular complexity index is 824. The third-order valence-corrected chi connectivity index (χ3v) is 2.92. The van der Waals surface area contributed by atoms with E-state index < -0.39 is 31.8 Å². The summed E-state index contributed by atoms with van der Waals surface area (Å²) in [6, 6.07) is 6.41. The molecule has 118 valence electrons. The maximum atomic E-state index is 11.0. The van der Waals surface area contributed by atoms with Crippen LogP contribution in [0.4, 0.5) is 17.1 Å². The molecular formula is C12H6ClN3O7. The van der Waals surface area contributed by atoms with Gasteiger partial charge in [-0.15, -0.1) is 0 Å². The van der Waals surface area contributed by atoms with Gasteiger partial charge < -0.3 is 4.74 Å². The molecule has 0 spiro atoms. The molecule has 0 aromatic heterocycles. The van der Waals surface area contributed by atoms with E-state index in [0.29, 0.717) is 0 Å². The zero-order valence-corrected chi connectivity index (χ0v) is 11.8. The second-order valence-electron chi connectivity index (χ2n) is 4.14. The highest BCUT2D eigenvalue weighted by Crippen LogP contribution is 2.36. The van der Waals surface area contributed by atoms with Gasteiger partial charge in [-0.25, -0.2) is 0 Å². The van der Waals surface area contributed by atoms with Gasteiger partial charge in [-0.2, -0.15) is 0 Å². The molecule has 0 N–H and O–H groups in total. The summed E-state index contributed by atoms with van der Waals surface area (Å²) in [5, 5.41) is 32.7. The lowest BCUT2D eigenvalue weighted by Gasteiger charge is -2.06. The Kier molecular flexibility index (Phi) is 4.37. The molecule has 0 saturated carbocycles. The van der Waals surface area contributed by atoms with Crippen molar-refractivity contribution >= 4 is 28.7 Å². The average molecular weight is 340 g/mol. The first-order valence-corrected chi connectivity index (χ1v) is 6.22. The van der Waals surface area contributed by atoms with Crippen molar-refractivity contribution in [2.24, 2.45) is 0 Å². The van der Waals surface area contributed by atoms with Gasteiger partial charge in [0.2, 0.25) is 5.75 Å². The van der Waals surface area contributed by atoms with Crippen LogP contribution < -0.4 is 4.74 Å². The number of hydrogen-bond donors (Lipinski definition) is 0. The van der Waals surface area contributed by atoms with Crippen LogP contribution in [0.2, 0.25) is 5.02 Å². The van der Waals surface area contributed by atoms with Gasteiger partial charge >= 0.3 is 17.1 Å². The predicted molar refractivity (Wildman–Crippen MR) is 77.9 cm³/mol. The highest BCUT2D eigenvalue weighted by molar-refractivity contribution is 6.30. The number of nitro benzene ring substituents is 3. The summed E-state index contributed by atoms with van der Waals surface area (Å²) in [5.74, 6) is -0.365. The summed E-state index contributed by atoms with van der Waals surface area (Å²) in [7, 11) is 0. The molecule has 0 radical (unpaired) electrons. The van der Waals surface area contributed by atoms with Gasteiger partial charge in [-0.1, -0.05) is 11.6 Å². The first-order chi connectivity index (χ1) is 10.8. The van der Waals surface area contributed by atoms with E-state index in [9.17, 15) is 30.3 Å². The van der Waals surface area contributed by atoms with Crippen molar-refractivity contribution in [3.8, 4) is 11.5 Å². The summed E-state index contributed by atoms with van der Waals surface area (Å²) < 4.78 is 5.22. The minimum absolute atomic E-state index is 0.110. The summed E-state index contributed by atoms with van der Waals surface area (Å²) in [6.07, 6.45) is 0. The summed E-state index contributed by atoms with van der Waals surface area (Å²) >= 11 is 5.66. The maximum Gasteiger partial charge on any atom is 0.349 e. The van der Waals surface area contributed by atoms with Crippen LogP contribution in [0.1, 0.15) is 0 Å². The van der Waals surface area contributed by atoms with Crippen molar-refractivity contribution in [1.82, 2.24) is 0 Å². The molecule has 0 atom stereocenters. The van der Waals surface area contributed by atoms with E-state index in [0.717, 1.165) is 24.3 Å². The lowest BCUT2D eigenvalue weighted by atomic mass is 10.2. The molecule has 0 unspecified atom stereocenters. The Balaban J connectivity index is 2.46. The number of halogens is 1. The zero-order valence-electron chi connectivity index (χ0n) is 11.0. The Hall–Kier alpha value is -3.27. The van der Waals surface area contributed by atoms with Gasteiger partial charge in [-0.3, -0.25) is 30.3 Å². The second kappa shape index (κ2) is 6.23. The molecule has 0 aliphatic rings. The van der Waals surface area contributed by atoms with Gasteiger partial charge in [0.25, 0.3) is 0 Å². The van der Waals surface area contributed by atoms with Crippen molar-refractivity contribution in [3.63, 3.8) is 0 Å². The minimum atomic E-state index is -0.943. The smallest absolute Gasteiger partial charge is 0.349 e. The summed E-state index contributed by atoms with van der Waals surface area (Å²) in [5.41, 5.74) is -1.95. The monoisotopic (exact) mass is 339 g/mol. The van der Waals surface area contributed by atoms with Gasteiger partial charge in [0.05, 0.1) is 20.8 Å². The fourth-order valence-electron chi connectivity index (χ4n) is 1.71. The molecule has 0 saturated heterocycles. The molecule has 0 aliphatic carbocycles. The van der Waals surface area contributed by atoms with Crippen molar-refractivity contribution < 1.29 is 19.5 Å². The highest BCUT2D eigenvalue weighted by Gasteiger charge is 2.25. The molecule has 2 aromatic rings. The number of benzene rings is 2. The van der Waals surface area contributed by atoms with E-state index in [1.54, 1.807) is 0 Å². The minimum Gasteiger partial charge on any atom is -0.450 e. The molecule has 11 heteroatoms. The molecule has 0 heterocycles. The quantitative estimate of drug-likeness (QED) is 0.595. The maximum absolute atomic E-state index is 11.0. The van der Waals surface area contributed by atoms with E-state index >= 15 is 0 Å². The Labute approximate surface area is 132 Å². The van der Waals surface area contributed by atoms with Gasteiger partial charge in [0.1, 0.15) is 5.75 Å². The van der Waals surface area contributed by atoms with E-state index in [-0.39, 0.29) is 16.5 Å². The number of nitrogens with zero attached hydrogens (tertiary/aromatic N) is 3. The normalized spacial score (nSPS) is 10.1. The Morgan fingerprint density at radius 3 is 1.96 bits per heavy atom. The number of nitro groups is 3. The van der Waals surface area contributed by atoms with Crippen LogP contribution in [0.15, 0.2) is 36.4 Å². The van der Waals surface area contributed by atoms with Crippen LogP contribution in [-0.2, 0) is 0 Å². The van der Waals surface area contributed by atoms with E-state index in [1.807, 2.05) is 0 Å². The fraction of sp³-hybridized carbons (Fsp3) is 0. The first kappa shape index (κ1) is 16.1. The van der Waals surface area contributed by atoms with Crippen LogP contribution >= 0.6 is 11.6 Å². The third kappa shape index (κ3) is 3.49. The lowest BCUT2D eigenvalue weighted by molar-refractivity contribution is -0.422. The highest BCUT2D eigenvalue weighted by atomic mass is 35.5. The third-order valence-electron chi connectivity index (χ3n) is 2.69. The topological polar surface area (TPSA) is 139 Å². The largest absolute Gasteiger partial charge is 0.450 e. The Morgan fingerprint density at radius 1 is 0.783 bits per heavy atom. The Morgan fingerprint density at radius 2 is 1.39 bits per heavy atom. The number of ether oxygens (including phenoxy) is 1. The molecule has 0 amide bonds. The van der Waals surface area contributed by atoms with Crippen LogP contribution in [0.3, 0.4) is 0 Å². The molecule has 2 rings (SSSR count). The summed E-state index contributed by atoms with van der Waals surface area (Å²) in [4.78, 5) is 30.0. The van der Waals surface area contributed by atoms with Crippen LogP contribution in [0.5, 0.6) is 11.5 Å². The van der Waals surface area contributed by atoms with E-state index in [4.69, 9.17) is 16.3 Å². The van der Waals surface area contributed by atoms with Crippen LogP contribution in [-0.4, -0.2) is 14.8 Å². The summed E-state index contributed by atoms with van der Waals surface area (Å²) in [6.45, 7) is 0. The van der Waals surface area contributed by atoms with Crippen LogP contribution in [0, 0.1) is 30.3 Å². The molecule has 10 nitrogen and oxygen atoms in total. The zero-order chi connectivity index (χ0) is 17.1. The number of rotatable bonds is 5. The molecule has 0 bridgehead atoms. The van der Waals surface area contributed by atoms with E-state index in [1.165, 1.54) is 12.1 Å². The molecular weight excluding hydrogens is 334 g/mol. The molecule has 23 heavy (non-hydrogen) atoms. The average Bonchev–Trinajstić information content (AvgIpc) is 2.48. The second-order valence-corrected chi connectivity index (χ2v) is 4.57. The van der Waals surface area contributed by atoms with Crippen molar-refractivity contribution in [1.29, 1.82) is 0 Å². The molecule has 0 fully saturated rings. The standard InChI is InChI=1S/C12H6ClN3O7/c13-7-1-4-12(11(5-7)16(21)22)23-8-2-3-9(14(17)18)10(6-8)15(19)20/h1-6H. The van der Waals surface area contributed by atoms with E-state index in [2.05, 4.69) is 0 Å². The lowest BCUT2D eigenvalue weighted by Crippen LogP contribution is -1.98. The fourth-order valence-corrected chi connectivity index (χ4v) is 1.88. The molecule has 0 aliphatic heterocycles. The van der Waals surface area contributed by atoms with Gasteiger partial charge in [-0.05, 0) is 18.2 Å². The van der Waals surface area contributed by atoms with Crippen molar-refractivity contribution in [2.45, 2.75) is 0 Å². The first-order valence-electron chi connectivity index (χ1n) is 5.84. The number of hydrogen-bond acceptors (Lipinski definition) is 7. The van der Waals surface area contributed by atoms with Gasteiger partial charge in [0, 0.05) is 17.2 Å². The SMILES string of the molecule is O=[N+]([O-])c1cc(Cl)ccc1Oc1ccc([N+](=O)[O-])c([N+](=O)[O-])c1.